The van der Waals surface area contributed by atoms with Gasteiger partial charge < -0.3 is 30.6 Å². The van der Waals surface area contributed by atoms with E-state index in [2.05, 4.69) is 71.4 Å². The number of rotatable bonds is 3. The van der Waals surface area contributed by atoms with Crippen molar-refractivity contribution < 1.29 is 71.4 Å². The van der Waals surface area contributed by atoms with Gasteiger partial charge in [-0.25, -0.2) is 0 Å². The van der Waals surface area contributed by atoms with Crippen LogP contribution >= 0.6 is 0 Å². The molecule has 0 spiro atoms. The zero-order valence-corrected chi connectivity index (χ0v) is 37.5. The van der Waals surface area contributed by atoms with Crippen LogP contribution in [0.5, 0.6) is 0 Å². The second kappa shape index (κ2) is 31.2. The molecule has 6 aromatic heterocycles. The maximum Gasteiger partial charge on any atom is 2.00 e. The van der Waals surface area contributed by atoms with Crippen LogP contribution in [0.1, 0.15) is 33.4 Å². The topological polar surface area (TPSA) is 210 Å². The summed E-state index contributed by atoms with van der Waals surface area (Å²) in [5.41, 5.74) is 12.9. The van der Waals surface area contributed by atoms with Gasteiger partial charge in [0, 0.05) is 37.2 Å². The summed E-state index contributed by atoms with van der Waals surface area (Å²) in [6, 6.07) is 24.2. The zero-order valence-electron chi connectivity index (χ0n) is 30.5. The molecule has 298 valence electrons. The summed E-state index contributed by atoms with van der Waals surface area (Å²) < 4.78 is 0. The molecule has 19 heteroatoms. The Bertz CT molecular complexity index is 1660. The maximum absolute atomic E-state index is 8.25. The van der Waals surface area contributed by atoms with Crippen molar-refractivity contribution in [2.45, 2.75) is 41.5 Å². The van der Waals surface area contributed by atoms with E-state index in [0.717, 1.165) is 34.2 Å². The van der Waals surface area contributed by atoms with E-state index in [1.165, 1.54) is 33.4 Å². The predicted molar refractivity (Wildman–Crippen MR) is 215 cm³/mol. The molecule has 0 saturated carbocycles. The number of nitrogens with zero attached hydrogens (tertiary/aromatic N) is 8. The van der Waals surface area contributed by atoms with E-state index in [0.29, 0.717) is 0 Å². The molecule has 0 aliphatic carbocycles. The van der Waals surface area contributed by atoms with E-state index in [4.69, 9.17) is 30.6 Å². The van der Waals surface area contributed by atoms with Crippen LogP contribution in [0, 0.1) is 72.2 Å². The predicted octanol–water partition coefficient (Wildman–Crippen LogP) is 6.18. The number of aryl methyl sites for hydroxylation is 6. The van der Waals surface area contributed by atoms with Crippen molar-refractivity contribution in [2.24, 2.45) is 0 Å². The van der Waals surface area contributed by atoms with Crippen LogP contribution < -0.4 is 0 Å². The Morgan fingerprint density at radius 3 is 0.545 bits per heavy atom. The first-order chi connectivity index (χ1) is 23.7. The van der Waals surface area contributed by atoms with E-state index in [1.807, 2.05) is 110 Å². The van der Waals surface area contributed by atoms with Crippen LogP contribution in [0.4, 0.5) is 0 Å². The molecule has 55 heavy (non-hydrogen) atoms. The van der Waals surface area contributed by atoms with Crippen LogP contribution in [-0.4, -0.2) is 40.1 Å². The first kappa shape index (κ1) is 57.7. The smallest absolute Gasteiger partial charge is 0.356 e. The van der Waals surface area contributed by atoms with E-state index in [-0.39, 0.29) is 88.3 Å². The van der Waals surface area contributed by atoms with E-state index >= 15 is 0 Å². The standard InChI is InChI=1S/3C12H12N2.2NO3.3Pd.2H2S/c3*1-9-3-5-13-11(7-9)12-8-10(2)4-6-14-12;2*2-1(3)4;;;;;/h3*3-8H,1-2H3;;;;;;2*1H2/q;;;2*-1;3*+2;;/p+2. The van der Waals surface area contributed by atoms with Gasteiger partial charge in [-0.3, -0.25) is 29.9 Å². The molecule has 14 nitrogen and oxygen atoms in total. The molecule has 0 unspecified atom stereocenters. The molecule has 0 N–H and O–H groups in total. The SMILES string of the molecule is Cc1ccnc(-c2cc(C)ccn2)c1.Cc1ccnc(-c2cc(C)ccn2)c1.Cc1ccnc(-c2cc(C)ccn2)c1.O=[N+]([O-])[O-].O=[N+]([O-])[O-].[Pd+2].[Pd+2].[Pd+2].[SH3+].[SH3+]. The fourth-order valence-corrected chi connectivity index (χ4v) is 4.06. The van der Waals surface area contributed by atoms with Gasteiger partial charge in [0.25, 0.3) is 0 Å². The van der Waals surface area contributed by atoms with Crippen molar-refractivity contribution in [3.8, 4) is 34.2 Å². The Morgan fingerprint density at radius 2 is 0.455 bits per heavy atom. The molecule has 6 aromatic rings. The van der Waals surface area contributed by atoms with E-state index < -0.39 is 10.2 Å². The average molecular weight is 1070 g/mol. The Kier molecular flexibility index (Phi) is 32.8. The van der Waals surface area contributed by atoms with Crippen molar-refractivity contribution >= 4 is 27.0 Å². The third-order valence-electron chi connectivity index (χ3n) is 6.28. The zero-order chi connectivity index (χ0) is 37.1. The normalized spacial score (nSPS) is 8.62. The fourth-order valence-electron chi connectivity index (χ4n) is 4.06. The second-order valence-corrected chi connectivity index (χ2v) is 10.8. The number of hydrogen-bond donors (Lipinski definition) is 0. The van der Waals surface area contributed by atoms with Crippen molar-refractivity contribution in [3.05, 3.63) is 174 Å². The van der Waals surface area contributed by atoms with E-state index in [9.17, 15) is 0 Å². The molecule has 0 amide bonds. The summed E-state index contributed by atoms with van der Waals surface area (Å²) in [6.07, 6.45) is 10.9. The Balaban J connectivity index is -0.000000310. The van der Waals surface area contributed by atoms with Crippen LogP contribution in [-0.2, 0) is 88.3 Å². The minimum Gasteiger partial charge on any atom is -0.356 e. The number of aromatic nitrogens is 6. The Morgan fingerprint density at radius 1 is 0.345 bits per heavy atom. The molecule has 0 aromatic carbocycles. The summed E-state index contributed by atoms with van der Waals surface area (Å²) in [6.45, 7) is 12.3. The van der Waals surface area contributed by atoms with E-state index in [1.54, 1.807) is 0 Å². The molecule has 0 atom stereocenters. The monoisotopic (exact) mass is 1060 g/mol. The third kappa shape index (κ3) is 24.9. The fraction of sp³-hybridized carbons (Fsp3) is 0.167. The Hall–Kier alpha value is -4.01. The van der Waals surface area contributed by atoms with Gasteiger partial charge >= 0.3 is 61.3 Å². The van der Waals surface area contributed by atoms with Crippen molar-refractivity contribution in [1.29, 1.82) is 0 Å². The summed E-state index contributed by atoms with van der Waals surface area (Å²) in [5, 5.41) is 29.5. The molecular weight excluding hydrogens is 1020 g/mol. The van der Waals surface area contributed by atoms with Gasteiger partial charge in [-0.05, 0) is 148 Å². The van der Waals surface area contributed by atoms with Gasteiger partial charge in [0.15, 0.2) is 0 Å². The van der Waals surface area contributed by atoms with Gasteiger partial charge in [0.05, 0.1) is 44.3 Å². The summed E-state index contributed by atoms with van der Waals surface area (Å²) in [7, 11) is 0. The van der Waals surface area contributed by atoms with Gasteiger partial charge in [-0.2, -0.15) is 0 Å². The maximum atomic E-state index is 8.25. The average Bonchev–Trinajstić information content (AvgIpc) is 3.05. The Labute approximate surface area is 375 Å². The van der Waals surface area contributed by atoms with Crippen molar-refractivity contribution in [3.63, 3.8) is 0 Å². The molecule has 0 aliphatic heterocycles. The van der Waals surface area contributed by atoms with Crippen LogP contribution in [0.3, 0.4) is 0 Å². The first-order valence-corrected chi connectivity index (χ1v) is 14.9. The first-order valence-electron chi connectivity index (χ1n) is 14.9. The largest absolute Gasteiger partial charge is 2.00 e. The van der Waals surface area contributed by atoms with Crippen LogP contribution in [0.15, 0.2) is 110 Å². The molecule has 0 bridgehead atoms. The molecule has 0 fully saturated rings. The quantitative estimate of drug-likeness (QED) is 0.0842. The summed E-state index contributed by atoms with van der Waals surface area (Å²) in [4.78, 5) is 42.2. The summed E-state index contributed by atoms with van der Waals surface area (Å²) in [5.74, 6) is 0. The summed E-state index contributed by atoms with van der Waals surface area (Å²) >= 11 is 0. The van der Waals surface area contributed by atoms with Gasteiger partial charge in [-0.15, -0.1) is 0 Å². The van der Waals surface area contributed by atoms with Crippen LogP contribution in [0.25, 0.3) is 34.2 Å². The van der Waals surface area contributed by atoms with Crippen LogP contribution in [0.2, 0.25) is 0 Å². The number of hydrogen-bond acceptors (Lipinski definition) is 12. The minimum absolute atomic E-state index is 0. The molecule has 6 heterocycles. The molecule has 0 radical (unpaired) electrons. The van der Waals surface area contributed by atoms with Crippen molar-refractivity contribution in [2.75, 3.05) is 0 Å². The molecule has 6 rings (SSSR count). The molecular formula is C36H42N8O6Pd3S2+6. The van der Waals surface area contributed by atoms with Gasteiger partial charge in [0.1, 0.15) is 0 Å². The van der Waals surface area contributed by atoms with Gasteiger partial charge in [-0.1, -0.05) is 27.0 Å². The second-order valence-electron chi connectivity index (χ2n) is 10.8. The third-order valence-corrected chi connectivity index (χ3v) is 6.28. The minimum atomic E-state index is -1.75. The van der Waals surface area contributed by atoms with Crippen molar-refractivity contribution in [1.82, 2.24) is 29.9 Å². The molecule has 0 aliphatic rings. The van der Waals surface area contributed by atoms with Gasteiger partial charge in [0.2, 0.25) is 0 Å². The number of pyridine rings is 6. The molecule has 0 saturated heterocycles.